The zero-order valence-electron chi connectivity index (χ0n) is 7.16. The summed E-state index contributed by atoms with van der Waals surface area (Å²) in [7, 11) is 0. The van der Waals surface area contributed by atoms with E-state index in [-0.39, 0.29) is 0 Å². The maximum atomic E-state index is 5.66. The molecule has 13 heavy (non-hydrogen) atoms. The minimum atomic E-state index is 0.439. The Morgan fingerprint density at radius 1 is 1.54 bits per heavy atom. The molecule has 1 aromatic rings. The second-order valence-corrected chi connectivity index (χ2v) is 2.84. The second-order valence-electron chi connectivity index (χ2n) is 2.45. The Morgan fingerprint density at radius 3 is 3.08 bits per heavy atom. The van der Waals surface area contributed by atoms with Gasteiger partial charge < -0.3 is 4.74 Å². The van der Waals surface area contributed by atoms with E-state index in [2.05, 4.69) is 10.9 Å². The SMILES string of the molecule is C#CCCCOc1cccc(Cl)n1. The molecule has 0 saturated carbocycles. The summed E-state index contributed by atoms with van der Waals surface area (Å²) in [5.41, 5.74) is 0. The van der Waals surface area contributed by atoms with Crippen LogP contribution in [-0.2, 0) is 0 Å². The Balaban J connectivity index is 2.33. The van der Waals surface area contributed by atoms with Crippen LogP contribution < -0.4 is 4.74 Å². The largest absolute Gasteiger partial charge is 0.478 e. The third-order valence-corrected chi connectivity index (χ3v) is 1.62. The van der Waals surface area contributed by atoms with Crippen molar-refractivity contribution in [2.24, 2.45) is 0 Å². The normalized spacial score (nSPS) is 9.23. The van der Waals surface area contributed by atoms with E-state index in [1.807, 2.05) is 0 Å². The van der Waals surface area contributed by atoms with Crippen molar-refractivity contribution in [1.82, 2.24) is 4.98 Å². The quantitative estimate of drug-likeness (QED) is 0.419. The molecule has 0 spiro atoms. The standard InChI is InChI=1S/C10H10ClNO/c1-2-3-4-8-13-10-7-5-6-9(11)12-10/h1,5-7H,3-4,8H2. The number of unbranched alkanes of at least 4 members (excludes halogenated alkanes) is 1. The van der Waals surface area contributed by atoms with Crippen LogP contribution in [0, 0.1) is 12.3 Å². The smallest absolute Gasteiger partial charge is 0.214 e. The minimum absolute atomic E-state index is 0.439. The number of rotatable bonds is 4. The van der Waals surface area contributed by atoms with Gasteiger partial charge >= 0.3 is 0 Å². The highest BCUT2D eigenvalue weighted by molar-refractivity contribution is 6.29. The summed E-state index contributed by atoms with van der Waals surface area (Å²) in [6, 6.07) is 5.27. The van der Waals surface area contributed by atoms with Gasteiger partial charge in [0.15, 0.2) is 0 Å². The lowest BCUT2D eigenvalue weighted by atomic mass is 10.3. The minimum Gasteiger partial charge on any atom is -0.478 e. The summed E-state index contributed by atoms with van der Waals surface area (Å²) in [5, 5.41) is 0.439. The van der Waals surface area contributed by atoms with E-state index in [0.29, 0.717) is 17.6 Å². The van der Waals surface area contributed by atoms with Gasteiger partial charge in [0.05, 0.1) is 6.61 Å². The molecule has 0 atom stereocenters. The first kappa shape index (κ1) is 9.88. The van der Waals surface area contributed by atoms with Gasteiger partial charge in [-0.15, -0.1) is 12.3 Å². The number of hydrogen-bond acceptors (Lipinski definition) is 2. The molecule has 68 valence electrons. The average Bonchev–Trinajstić information content (AvgIpc) is 2.13. The van der Waals surface area contributed by atoms with Crippen LogP contribution >= 0.6 is 11.6 Å². The fourth-order valence-corrected chi connectivity index (χ4v) is 0.977. The zero-order valence-corrected chi connectivity index (χ0v) is 7.92. The van der Waals surface area contributed by atoms with Gasteiger partial charge in [0.1, 0.15) is 5.15 Å². The molecule has 0 aliphatic rings. The number of hydrogen-bond donors (Lipinski definition) is 0. The predicted octanol–water partition coefficient (Wildman–Crippen LogP) is 2.53. The highest BCUT2D eigenvalue weighted by atomic mass is 35.5. The van der Waals surface area contributed by atoms with E-state index < -0.39 is 0 Å². The van der Waals surface area contributed by atoms with Gasteiger partial charge in [0, 0.05) is 12.5 Å². The van der Waals surface area contributed by atoms with Crippen molar-refractivity contribution in [3.63, 3.8) is 0 Å². The van der Waals surface area contributed by atoms with E-state index in [4.69, 9.17) is 22.8 Å². The van der Waals surface area contributed by atoms with Gasteiger partial charge in [-0.3, -0.25) is 0 Å². The molecule has 0 aromatic carbocycles. The first-order chi connectivity index (χ1) is 6.33. The molecule has 0 bridgehead atoms. The summed E-state index contributed by atoms with van der Waals surface area (Å²) in [5.74, 6) is 3.08. The lowest BCUT2D eigenvalue weighted by Crippen LogP contribution is -1.98. The topological polar surface area (TPSA) is 22.1 Å². The molecule has 0 aliphatic heterocycles. The van der Waals surface area contributed by atoms with Gasteiger partial charge in [0.25, 0.3) is 0 Å². The molecule has 1 heterocycles. The Labute approximate surface area is 82.9 Å². The maximum Gasteiger partial charge on any atom is 0.214 e. The van der Waals surface area contributed by atoms with Gasteiger partial charge in [-0.2, -0.15) is 0 Å². The van der Waals surface area contributed by atoms with Gasteiger partial charge in [-0.05, 0) is 12.5 Å². The molecule has 1 aromatic heterocycles. The number of terminal acetylenes is 1. The monoisotopic (exact) mass is 195 g/mol. The van der Waals surface area contributed by atoms with Crippen molar-refractivity contribution < 1.29 is 4.74 Å². The van der Waals surface area contributed by atoms with E-state index in [1.165, 1.54) is 0 Å². The van der Waals surface area contributed by atoms with Crippen molar-refractivity contribution in [1.29, 1.82) is 0 Å². The van der Waals surface area contributed by atoms with Crippen molar-refractivity contribution in [2.45, 2.75) is 12.8 Å². The van der Waals surface area contributed by atoms with Crippen LogP contribution in [0.1, 0.15) is 12.8 Å². The maximum absolute atomic E-state index is 5.66. The lowest BCUT2D eigenvalue weighted by Gasteiger charge is -2.02. The Hall–Kier alpha value is -1.20. The van der Waals surface area contributed by atoms with Gasteiger partial charge in [-0.25, -0.2) is 4.98 Å². The molecule has 0 amide bonds. The van der Waals surface area contributed by atoms with E-state index >= 15 is 0 Å². The number of aromatic nitrogens is 1. The lowest BCUT2D eigenvalue weighted by molar-refractivity contribution is 0.301. The number of pyridine rings is 1. The number of ether oxygens (including phenoxy) is 1. The molecule has 0 saturated heterocycles. The van der Waals surface area contributed by atoms with E-state index in [0.717, 1.165) is 12.8 Å². The summed E-state index contributed by atoms with van der Waals surface area (Å²) >= 11 is 5.66. The zero-order chi connectivity index (χ0) is 9.52. The molecule has 1 rings (SSSR count). The number of halogens is 1. The molecular weight excluding hydrogens is 186 g/mol. The van der Waals surface area contributed by atoms with Crippen molar-refractivity contribution in [3.8, 4) is 18.2 Å². The highest BCUT2D eigenvalue weighted by Crippen LogP contribution is 2.11. The summed E-state index contributed by atoms with van der Waals surface area (Å²) in [6.07, 6.45) is 6.65. The molecule has 3 heteroatoms. The van der Waals surface area contributed by atoms with Crippen LogP contribution in [-0.4, -0.2) is 11.6 Å². The average molecular weight is 196 g/mol. The van der Waals surface area contributed by atoms with Crippen LogP contribution in [0.5, 0.6) is 5.88 Å². The third kappa shape index (κ3) is 3.82. The fourth-order valence-electron chi connectivity index (χ4n) is 0.821. The first-order valence-electron chi connectivity index (χ1n) is 4.02. The first-order valence-corrected chi connectivity index (χ1v) is 4.39. The van der Waals surface area contributed by atoms with Crippen LogP contribution in [0.15, 0.2) is 18.2 Å². The Kier molecular flexibility index (Phi) is 4.14. The van der Waals surface area contributed by atoms with Crippen molar-refractivity contribution in [2.75, 3.05) is 6.61 Å². The molecule has 0 N–H and O–H groups in total. The van der Waals surface area contributed by atoms with Crippen LogP contribution in [0.25, 0.3) is 0 Å². The number of nitrogens with zero attached hydrogens (tertiary/aromatic N) is 1. The fraction of sp³-hybridized carbons (Fsp3) is 0.300. The van der Waals surface area contributed by atoms with E-state index in [1.54, 1.807) is 18.2 Å². The molecule has 0 fully saturated rings. The second kappa shape index (κ2) is 5.45. The van der Waals surface area contributed by atoms with Crippen molar-refractivity contribution >= 4 is 11.6 Å². The van der Waals surface area contributed by atoms with Gasteiger partial charge in [0.2, 0.25) is 5.88 Å². The summed E-state index contributed by atoms with van der Waals surface area (Å²) in [6.45, 7) is 0.581. The van der Waals surface area contributed by atoms with Crippen LogP contribution in [0.2, 0.25) is 5.15 Å². The Morgan fingerprint density at radius 2 is 2.38 bits per heavy atom. The highest BCUT2D eigenvalue weighted by Gasteiger charge is 1.95. The predicted molar refractivity (Wildman–Crippen MR) is 52.8 cm³/mol. The van der Waals surface area contributed by atoms with Crippen LogP contribution in [0.3, 0.4) is 0 Å². The molecule has 0 unspecified atom stereocenters. The van der Waals surface area contributed by atoms with Crippen molar-refractivity contribution in [3.05, 3.63) is 23.4 Å². The third-order valence-electron chi connectivity index (χ3n) is 1.40. The molecule has 0 radical (unpaired) electrons. The van der Waals surface area contributed by atoms with Gasteiger partial charge in [-0.1, -0.05) is 17.7 Å². The summed E-state index contributed by atoms with van der Waals surface area (Å²) < 4.78 is 5.30. The molecule has 2 nitrogen and oxygen atoms in total. The molecular formula is C10H10ClNO. The molecule has 0 aliphatic carbocycles. The van der Waals surface area contributed by atoms with E-state index in [9.17, 15) is 0 Å². The Bertz CT molecular complexity index is 306. The summed E-state index contributed by atoms with van der Waals surface area (Å²) in [4.78, 5) is 3.96. The van der Waals surface area contributed by atoms with Crippen LogP contribution in [0.4, 0.5) is 0 Å².